The van der Waals surface area contributed by atoms with E-state index in [4.69, 9.17) is 23.5 Å². The summed E-state index contributed by atoms with van der Waals surface area (Å²) < 4.78 is 0. The van der Waals surface area contributed by atoms with Crippen molar-refractivity contribution >= 4 is 45.5 Å². The fraction of sp³-hybridized carbons (Fsp3) is 0.0833. The predicted molar refractivity (Wildman–Crippen MR) is 115 cm³/mol. The van der Waals surface area contributed by atoms with Crippen LogP contribution >= 0.6 is 0 Å². The van der Waals surface area contributed by atoms with Gasteiger partial charge in [-0.05, 0) is 50.9 Å². The molecule has 0 heterocycles. The first kappa shape index (κ1) is 15.4. The smallest absolute Gasteiger partial charge is 0.0963 e. The average Bonchev–Trinajstić information content (AvgIpc) is 3.29. The molecule has 3 aromatic rings. The van der Waals surface area contributed by atoms with E-state index in [-0.39, 0.29) is 5.41 Å². The monoisotopic (exact) mass is 334 g/mol. The first-order chi connectivity index (χ1) is 13.1. The molecule has 3 aliphatic carbocycles. The van der Waals surface area contributed by atoms with E-state index in [0.717, 1.165) is 22.8 Å². The third-order valence-corrected chi connectivity index (χ3v) is 6.31. The number of fused-ring (bicyclic) bond motifs is 9. The maximum atomic E-state index is 6.25. The molecule has 27 heavy (non-hydrogen) atoms. The summed E-state index contributed by atoms with van der Waals surface area (Å²) in [4.78, 5) is 0. The van der Waals surface area contributed by atoms with E-state index in [9.17, 15) is 0 Å². The van der Waals surface area contributed by atoms with E-state index in [0.29, 0.717) is 0 Å². The van der Waals surface area contributed by atoms with Crippen LogP contribution in [0.2, 0.25) is 0 Å². The molecule has 0 N–H and O–H groups in total. The second-order valence-electron chi connectivity index (χ2n) is 7.66. The van der Waals surface area contributed by atoms with Crippen LogP contribution in [0.3, 0.4) is 0 Å². The van der Waals surface area contributed by atoms with Gasteiger partial charge in [0.15, 0.2) is 0 Å². The molecular formula is C24H13B3. The fourth-order valence-electron chi connectivity index (χ4n) is 5.36. The summed E-state index contributed by atoms with van der Waals surface area (Å²) in [6.07, 6.45) is 5.42. The van der Waals surface area contributed by atoms with E-state index in [2.05, 4.69) is 48.6 Å². The lowest BCUT2D eigenvalue weighted by Crippen LogP contribution is -2.30. The molecule has 0 nitrogen and oxygen atoms in total. The minimum atomic E-state index is -0.362. The third-order valence-electron chi connectivity index (χ3n) is 6.31. The van der Waals surface area contributed by atoms with Gasteiger partial charge in [0.25, 0.3) is 0 Å². The number of hydrogen-bond donors (Lipinski definition) is 0. The zero-order chi connectivity index (χ0) is 18.3. The topological polar surface area (TPSA) is 0 Å². The number of benzene rings is 3. The van der Waals surface area contributed by atoms with Gasteiger partial charge in [0.2, 0.25) is 0 Å². The van der Waals surface area contributed by atoms with Crippen LogP contribution in [-0.4, -0.2) is 23.5 Å². The van der Waals surface area contributed by atoms with Gasteiger partial charge < -0.3 is 0 Å². The molecule has 6 rings (SSSR count). The first-order valence-corrected chi connectivity index (χ1v) is 9.21. The van der Waals surface area contributed by atoms with Crippen LogP contribution < -0.4 is 16.4 Å². The largest absolute Gasteiger partial charge is 0.113 e. The standard InChI is InChI=1S/C24H13B3/c25-13-4-7-17-16-2-1-3-20(16)24(21(17)10-13)22-11-14(26)5-8-18(22)19-9-6-15(27)12-23(19)24/h1-2,4-12H,3H2. The molecule has 3 aromatic carbocycles. The first-order valence-electron chi connectivity index (χ1n) is 9.21. The van der Waals surface area contributed by atoms with Crippen LogP contribution in [0.5, 0.6) is 0 Å². The molecular weight excluding hydrogens is 321 g/mol. The maximum Gasteiger partial charge on any atom is 0.113 e. The molecule has 0 unspecified atom stereocenters. The molecule has 0 atom stereocenters. The maximum absolute atomic E-state index is 6.25. The van der Waals surface area contributed by atoms with E-state index < -0.39 is 0 Å². The van der Waals surface area contributed by atoms with Crippen molar-refractivity contribution in [3.8, 4) is 11.1 Å². The lowest BCUT2D eigenvalue weighted by atomic mass is 9.67. The minimum Gasteiger partial charge on any atom is -0.0963 e. The molecule has 1 spiro atoms. The van der Waals surface area contributed by atoms with Gasteiger partial charge in [0, 0.05) is 0 Å². The normalized spacial score (nSPS) is 17.2. The summed E-state index contributed by atoms with van der Waals surface area (Å²) in [6, 6.07) is 18.8. The van der Waals surface area contributed by atoms with Gasteiger partial charge in [-0.3, -0.25) is 0 Å². The summed E-state index contributed by atoms with van der Waals surface area (Å²) in [5.74, 6) is 0. The van der Waals surface area contributed by atoms with Crippen molar-refractivity contribution in [3.63, 3.8) is 0 Å². The lowest BCUT2D eigenvalue weighted by molar-refractivity contribution is 0.751. The summed E-state index contributed by atoms with van der Waals surface area (Å²) in [6.45, 7) is 0. The van der Waals surface area contributed by atoms with Crippen molar-refractivity contribution in [1.29, 1.82) is 0 Å². The van der Waals surface area contributed by atoms with Crippen LogP contribution in [0.4, 0.5) is 0 Å². The molecule has 3 heteroatoms. The van der Waals surface area contributed by atoms with Gasteiger partial charge in [0.1, 0.15) is 23.5 Å². The van der Waals surface area contributed by atoms with Crippen LogP contribution in [-0.2, 0) is 5.41 Å². The molecule has 0 amide bonds. The van der Waals surface area contributed by atoms with Gasteiger partial charge in [-0.2, -0.15) is 0 Å². The van der Waals surface area contributed by atoms with E-state index in [1.54, 1.807) is 0 Å². The average molecular weight is 334 g/mol. The summed E-state index contributed by atoms with van der Waals surface area (Å²) in [5.41, 5.74) is 12.1. The summed E-state index contributed by atoms with van der Waals surface area (Å²) >= 11 is 0. The zero-order valence-electron chi connectivity index (χ0n) is 14.8. The van der Waals surface area contributed by atoms with Crippen molar-refractivity contribution in [3.05, 3.63) is 94.6 Å². The van der Waals surface area contributed by atoms with Gasteiger partial charge in [-0.1, -0.05) is 83.1 Å². The van der Waals surface area contributed by atoms with Crippen molar-refractivity contribution in [2.75, 3.05) is 0 Å². The highest BCUT2D eigenvalue weighted by Crippen LogP contribution is 2.63. The lowest BCUT2D eigenvalue weighted by Gasteiger charge is -2.33. The number of hydrogen-bond acceptors (Lipinski definition) is 0. The van der Waals surface area contributed by atoms with Gasteiger partial charge in [-0.25, -0.2) is 0 Å². The minimum absolute atomic E-state index is 0.362. The highest BCUT2D eigenvalue weighted by Gasteiger charge is 2.52. The molecule has 118 valence electrons. The second kappa shape index (κ2) is 4.98. The Morgan fingerprint density at radius 2 is 1.11 bits per heavy atom. The number of rotatable bonds is 0. The molecule has 0 saturated carbocycles. The Hall–Kier alpha value is -2.67. The third kappa shape index (κ3) is 1.73. The van der Waals surface area contributed by atoms with Crippen molar-refractivity contribution in [1.82, 2.24) is 0 Å². The highest BCUT2D eigenvalue weighted by molar-refractivity contribution is 6.34. The van der Waals surface area contributed by atoms with Crippen molar-refractivity contribution < 1.29 is 0 Å². The predicted octanol–water partition coefficient (Wildman–Crippen LogP) is 2.11. The van der Waals surface area contributed by atoms with E-state index >= 15 is 0 Å². The van der Waals surface area contributed by atoms with Crippen molar-refractivity contribution in [2.45, 2.75) is 11.8 Å². The molecule has 0 aliphatic heterocycles. The van der Waals surface area contributed by atoms with Crippen LogP contribution in [0, 0.1) is 0 Å². The van der Waals surface area contributed by atoms with Crippen molar-refractivity contribution in [2.24, 2.45) is 0 Å². The van der Waals surface area contributed by atoms with Gasteiger partial charge in [0.05, 0.1) is 5.41 Å². The quantitative estimate of drug-likeness (QED) is 0.553. The van der Waals surface area contributed by atoms with E-state index in [1.807, 2.05) is 18.2 Å². The molecule has 0 fully saturated rings. The van der Waals surface area contributed by atoms with Crippen LogP contribution in [0.15, 0.2) is 72.3 Å². The molecule has 3 aliphatic rings. The highest BCUT2D eigenvalue weighted by atomic mass is 14.5. The SMILES string of the molecule is [B]c1ccc2c(c1)C1(C3=C2C=CC3)c2cc([B])ccc2-c2ccc([B])cc21. The van der Waals surface area contributed by atoms with E-state index in [1.165, 1.54) is 44.5 Å². The van der Waals surface area contributed by atoms with Gasteiger partial charge >= 0.3 is 0 Å². The van der Waals surface area contributed by atoms with Gasteiger partial charge in [-0.15, -0.1) is 0 Å². The Morgan fingerprint density at radius 1 is 0.630 bits per heavy atom. The Morgan fingerprint density at radius 3 is 1.67 bits per heavy atom. The zero-order valence-corrected chi connectivity index (χ0v) is 14.8. The molecule has 6 radical (unpaired) electrons. The second-order valence-corrected chi connectivity index (χ2v) is 7.66. The summed E-state index contributed by atoms with van der Waals surface area (Å²) in [5, 5.41) is 0. The Balaban J connectivity index is 1.84. The van der Waals surface area contributed by atoms with Crippen LogP contribution in [0.1, 0.15) is 28.7 Å². The van der Waals surface area contributed by atoms with Crippen LogP contribution in [0.25, 0.3) is 16.7 Å². The Bertz CT molecular complexity index is 1180. The Kier molecular flexibility index (Phi) is 2.84. The fourth-order valence-corrected chi connectivity index (χ4v) is 5.36. The molecule has 0 saturated heterocycles. The molecule has 0 bridgehead atoms. The molecule has 0 aromatic heterocycles. The summed E-state index contributed by atoms with van der Waals surface area (Å²) in [7, 11) is 18.8. The Labute approximate surface area is 163 Å². The number of allylic oxidation sites excluding steroid dienone is 4.